The van der Waals surface area contributed by atoms with Crippen molar-refractivity contribution in [3.05, 3.63) is 108 Å². The Labute approximate surface area is 198 Å². The van der Waals surface area contributed by atoms with Crippen LogP contribution in [0.5, 0.6) is 0 Å². The fourth-order valence-corrected chi connectivity index (χ4v) is 3.54. The Morgan fingerprint density at radius 2 is 1.76 bits per heavy atom. The number of hydrogen-bond donors (Lipinski definition) is 2. The minimum atomic E-state index is -0.265. The minimum Gasteiger partial charge on any atom is -0.459 e. The molecule has 0 saturated carbocycles. The largest absolute Gasteiger partial charge is 0.459 e. The summed E-state index contributed by atoms with van der Waals surface area (Å²) < 4.78 is 10.9. The van der Waals surface area contributed by atoms with Gasteiger partial charge in [-0.15, -0.1) is 0 Å². The number of hydrogen-bond acceptors (Lipinski definition) is 6. The Morgan fingerprint density at radius 1 is 1.03 bits per heavy atom. The molecule has 3 aromatic carbocycles. The zero-order chi connectivity index (χ0) is 23.9. The van der Waals surface area contributed by atoms with Crippen molar-refractivity contribution < 1.29 is 19.1 Å². The molecular formula is C27H25N3O4. The lowest BCUT2D eigenvalue weighted by atomic mass is 10.1. The lowest BCUT2D eigenvalue weighted by molar-refractivity contribution is -0.111. The number of carbonyl (C=O) groups excluding carboxylic acids is 2. The van der Waals surface area contributed by atoms with Crippen molar-refractivity contribution in [1.29, 1.82) is 0 Å². The number of nitrogens with two attached hydrogens (primary N) is 1. The van der Waals surface area contributed by atoms with Crippen molar-refractivity contribution in [1.82, 2.24) is 0 Å². The number of carbonyl (C=O) groups is 2. The van der Waals surface area contributed by atoms with Crippen LogP contribution in [0.1, 0.15) is 28.4 Å². The topological polar surface area (TPSA) is 93.9 Å². The van der Waals surface area contributed by atoms with E-state index < -0.39 is 0 Å². The van der Waals surface area contributed by atoms with E-state index in [-0.39, 0.29) is 18.5 Å². The molecule has 0 aliphatic carbocycles. The summed E-state index contributed by atoms with van der Waals surface area (Å²) in [6.45, 7) is 2.15. The number of benzene rings is 3. The maximum atomic E-state index is 12.2. The molecule has 1 aliphatic rings. The quantitative estimate of drug-likeness (QED) is 0.284. The Hall–Kier alpha value is -4.52. The molecule has 172 valence electrons. The van der Waals surface area contributed by atoms with E-state index in [2.05, 4.69) is 5.32 Å². The zero-order valence-electron chi connectivity index (χ0n) is 18.7. The maximum Gasteiger partial charge on any atom is 0.248 e. The predicted molar refractivity (Wildman–Crippen MR) is 133 cm³/mol. The SMILES string of the molecule is CC(=O)c1ccccc1N(Cc1ccc(C=CC(=O)Nc2ccccc2N)cc1)C1=COCO1. The number of amides is 1. The highest BCUT2D eigenvalue weighted by Crippen LogP contribution is 2.29. The Kier molecular flexibility index (Phi) is 6.93. The second-order valence-corrected chi connectivity index (χ2v) is 7.70. The average Bonchev–Trinajstić information content (AvgIpc) is 3.38. The van der Waals surface area contributed by atoms with Gasteiger partial charge in [-0.2, -0.15) is 0 Å². The van der Waals surface area contributed by atoms with Gasteiger partial charge in [-0.1, -0.05) is 48.5 Å². The van der Waals surface area contributed by atoms with E-state index in [0.717, 1.165) is 16.8 Å². The summed E-state index contributed by atoms with van der Waals surface area (Å²) in [6, 6.07) is 22.3. The number of anilines is 3. The molecule has 0 fully saturated rings. The lowest BCUT2D eigenvalue weighted by Crippen LogP contribution is -2.24. The second kappa shape index (κ2) is 10.4. The van der Waals surface area contributed by atoms with Gasteiger partial charge in [0.1, 0.15) is 6.26 Å². The lowest BCUT2D eigenvalue weighted by Gasteiger charge is -2.26. The van der Waals surface area contributed by atoms with E-state index in [1.54, 1.807) is 37.5 Å². The summed E-state index contributed by atoms with van der Waals surface area (Å²) in [6.07, 6.45) is 4.75. The van der Waals surface area contributed by atoms with E-state index in [4.69, 9.17) is 15.2 Å². The summed E-state index contributed by atoms with van der Waals surface area (Å²) in [4.78, 5) is 26.3. The van der Waals surface area contributed by atoms with Gasteiger partial charge in [-0.05, 0) is 48.4 Å². The van der Waals surface area contributed by atoms with Crippen molar-refractivity contribution in [2.45, 2.75) is 13.5 Å². The third-order valence-electron chi connectivity index (χ3n) is 5.27. The van der Waals surface area contributed by atoms with Crippen molar-refractivity contribution in [2.24, 2.45) is 0 Å². The standard InChI is InChI=1S/C27H25N3O4/c1-19(31)22-6-2-5-9-25(22)30(27-17-33-18-34-27)16-21-12-10-20(11-13-21)14-15-26(32)29-24-8-4-3-7-23(24)28/h2-15,17H,16,18,28H2,1H3,(H,29,32). The first-order chi connectivity index (χ1) is 16.5. The number of nitrogens with zero attached hydrogens (tertiary/aromatic N) is 1. The molecule has 34 heavy (non-hydrogen) atoms. The van der Waals surface area contributed by atoms with Gasteiger partial charge in [-0.3, -0.25) is 9.59 Å². The minimum absolute atomic E-state index is 0.0314. The first-order valence-corrected chi connectivity index (χ1v) is 10.8. The van der Waals surface area contributed by atoms with Crippen LogP contribution in [-0.4, -0.2) is 18.5 Å². The Morgan fingerprint density at radius 3 is 2.47 bits per heavy atom. The summed E-state index contributed by atoms with van der Waals surface area (Å²) in [7, 11) is 0. The number of nitrogens with one attached hydrogen (secondary N) is 1. The molecule has 0 unspecified atom stereocenters. The van der Waals surface area contributed by atoms with Gasteiger partial charge in [0.25, 0.3) is 0 Å². The molecule has 1 aliphatic heterocycles. The molecular weight excluding hydrogens is 430 g/mol. The molecule has 7 nitrogen and oxygen atoms in total. The number of para-hydroxylation sites is 3. The van der Waals surface area contributed by atoms with Gasteiger partial charge in [-0.25, -0.2) is 0 Å². The molecule has 1 amide bonds. The molecule has 0 saturated heterocycles. The number of nitrogen functional groups attached to an aromatic ring is 1. The van der Waals surface area contributed by atoms with Crippen LogP contribution in [0.2, 0.25) is 0 Å². The van der Waals surface area contributed by atoms with E-state index in [1.807, 2.05) is 59.5 Å². The van der Waals surface area contributed by atoms with Gasteiger partial charge in [0.2, 0.25) is 18.6 Å². The average molecular weight is 456 g/mol. The van der Waals surface area contributed by atoms with Crippen LogP contribution < -0.4 is 16.0 Å². The fourth-order valence-electron chi connectivity index (χ4n) is 3.54. The van der Waals surface area contributed by atoms with Crippen LogP contribution in [0, 0.1) is 0 Å². The Bertz CT molecular complexity index is 1250. The van der Waals surface area contributed by atoms with Crippen molar-refractivity contribution >= 4 is 34.8 Å². The smallest absolute Gasteiger partial charge is 0.248 e. The number of Topliss-reactive ketones (excluding diaryl/α,β-unsaturated/α-hetero) is 1. The Balaban J connectivity index is 1.48. The third-order valence-corrected chi connectivity index (χ3v) is 5.27. The zero-order valence-corrected chi connectivity index (χ0v) is 18.7. The summed E-state index contributed by atoms with van der Waals surface area (Å²) in [5.41, 5.74) is 10.2. The number of ether oxygens (including phenoxy) is 2. The molecule has 0 bridgehead atoms. The summed E-state index contributed by atoms with van der Waals surface area (Å²) in [5.74, 6) is 0.241. The molecule has 1 heterocycles. The molecule has 0 aromatic heterocycles. The van der Waals surface area contributed by atoms with Crippen molar-refractivity contribution in [2.75, 3.05) is 22.7 Å². The molecule has 3 aromatic rings. The van der Waals surface area contributed by atoms with Crippen LogP contribution in [0.4, 0.5) is 17.1 Å². The van der Waals surface area contributed by atoms with Crippen LogP contribution in [0.15, 0.2) is 91.0 Å². The fraction of sp³-hybridized carbons (Fsp3) is 0.111. The van der Waals surface area contributed by atoms with Crippen LogP contribution >= 0.6 is 0 Å². The second-order valence-electron chi connectivity index (χ2n) is 7.70. The van der Waals surface area contributed by atoms with E-state index in [1.165, 1.54) is 6.08 Å². The van der Waals surface area contributed by atoms with Gasteiger partial charge < -0.3 is 25.4 Å². The van der Waals surface area contributed by atoms with E-state index in [9.17, 15) is 9.59 Å². The maximum absolute atomic E-state index is 12.2. The normalized spacial score (nSPS) is 12.6. The highest BCUT2D eigenvalue weighted by Gasteiger charge is 2.22. The van der Waals surface area contributed by atoms with Gasteiger partial charge >= 0.3 is 0 Å². The van der Waals surface area contributed by atoms with Gasteiger partial charge in [0, 0.05) is 11.6 Å². The predicted octanol–water partition coefficient (Wildman–Crippen LogP) is 4.93. The molecule has 0 radical (unpaired) electrons. The molecule has 0 atom stereocenters. The summed E-state index contributed by atoms with van der Waals surface area (Å²) >= 11 is 0. The van der Waals surface area contributed by atoms with Gasteiger partial charge in [0.05, 0.1) is 23.6 Å². The van der Waals surface area contributed by atoms with Crippen LogP contribution in [0.3, 0.4) is 0 Å². The molecule has 0 spiro atoms. The first-order valence-electron chi connectivity index (χ1n) is 10.8. The highest BCUT2D eigenvalue weighted by atomic mass is 16.7. The monoisotopic (exact) mass is 455 g/mol. The van der Waals surface area contributed by atoms with Crippen LogP contribution in [-0.2, 0) is 20.8 Å². The number of rotatable bonds is 8. The molecule has 7 heteroatoms. The molecule has 3 N–H and O–H groups in total. The van der Waals surface area contributed by atoms with Crippen LogP contribution in [0.25, 0.3) is 6.08 Å². The summed E-state index contributed by atoms with van der Waals surface area (Å²) in [5, 5.41) is 2.76. The van der Waals surface area contributed by atoms with E-state index in [0.29, 0.717) is 29.4 Å². The first kappa shape index (κ1) is 22.7. The molecule has 4 rings (SSSR count). The van der Waals surface area contributed by atoms with E-state index >= 15 is 0 Å². The van der Waals surface area contributed by atoms with Gasteiger partial charge in [0.15, 0.2) is 5.78 Å². The van der Waals surface area contributed by atoms with Crippen molar-refractivity contribution in [3.8, 4) is 0 Å². The van der Waals surface area contributed by atoms with Crippen molar-refractivity contribution in [3.63, 3.8) is 0 Å². The highest BCUT2D eigenvalue weighted by molar-refractivity contribution is 6.03. The third kappa shape index (κ3) is 5.45. The number of ketones is 1.